The summed E-state index contributed by atoms with van der Waals surface area (Å²) in [7, 11) is 0. The maximum atomic E-state index is 12.8. The Labute approximate surface area is 185 Å². The number of aliphatic imine (C=N–C) groups is 1. The summed E-state index contributed by atoms with van der Waals surface area (Å²) >= 11 is 1.67. The van der Waals surface area contributed by atoms with Crippen molar-refractivity contribution < 1.29 is 18.3 Å². The first kappa shape index (κ1) is 24.4. The molecular formula is C19H26F2IN3O2S. The van der Waals surface area contributed by atoms with Crippen LogP contribution >= 0.6 is 35.3 Å². The smallest absolute Gasteiger partial charge is 0.387 e. The largest absolute Gasteiger partial charge is 0.490 e. The molecule has 0 amide bonds. The highest BCUT2D eigenvalue weighted by Crippen LogP contribution is 2.33. The van der Waals surface area contributed by atoms with Gasteiger partial charge in [0.15, 0.2) is 17.5 Å². The molecule has 0 spiro atoms. The van der Waals surface area contributed by atoms with Crippen molar-refractivity contribution in [2.24, 2.45) is 4.99 Å². The molecule has 0 bridgehead atoms. The number of ether oxygens (including phenoxy) is 2. The van der Waals surface area contributed by atoms with Gasteiger partial charge in [-0.25, -0.2) is 4.99 Å². The average molecular weight is 525 g/mol. The second-order valence-corrected chi connectivity index (χ2v) is 6.34. The van der Waals surface area contributed by atoms with E-state index in [1.54, 1.807) is 36.5 Å². The number of alkyl halides is 2. The number of benzene rings is 1. The zero-order valence-corrected chi connectivity index (χ0v) is 19.1. The maximum absolute atomic E-state index is 12.8. The van der Waals surface area contributed by atoms with Crippen molar-refractivity contribution in [3.05, 3.63) is 46.2 Å². The molecule has 0 fully saturated rings. The Hall–Kier alpha value is -1.62. The summed E-state index contributed by atoms with van der Waals surface area (Å²) in [4.78, 5) is 4.49. The Morgan fingerprint density at radius 2 is 2.04 bits per heavy atom. The summed E-state index contributed by atoms with van der Waals surface area (Å²) in [6.45, 7) is 2.81. The van der Waals surface area contributed by atoms with E-state index in [1.165, 1.54) is 5.56 Å². The van der Waals surface area contributed by atoms with Gasteiger partial charge in [-0.2, -0.15) is 20.1 Å². The minimum atomic E-state index is -2.92. The third-order valence-corrected chi connectivity index (χ3v) is 4.34. The Bertz CT molecular complexity index is 715. The number of rotatable bonds is 10. The SMILES string of the molecule is CCNC(=NCc1cccc(OCC)c1OC(F)F)NCCc1ccsc1.I. The quantitative estimate of drug-likeness (QED) is 0.269. The van der Waals surface area contributed by atoms with Crippen LogP contribution in [-0.4, -0.2) is 32.3 Å². The topological polar surface area (TPSA) is 54.9 Å². The predicted molar refractivity (Wildman–Crippen MR) is 120 cm³/mol. The van der Waals surface area contributed by atoms with E-state index in [4.69, 9.17) is 4.74 Å². The van der Waals surface area contributed by atoms with Crippen LogP contribution in [0.3, 0.4) is 0 Å². The van der Waals surface area contributed by atoms with Gasteiger partial charge in [-0.3, -0.25) is 0 Å². The highest BCUT2D eigenvalue weighted by molar-refractivity contribution is 14.0. The summed E-state index contributed by atoms with van der Waals surface area (Å²) < 4.78 is 35.7. The lowest BCUT2D eigenvalue weighted by molar-refractivity contribution is -0.0520. The molecule has 0 radical (unpaired) electrons. The van der Waals surface area contributed by atoms with Gasteiger partial charge in [-0.05, 0) is 48.7 Å². The highest BCUT2D eigenvalue weighted by atomic mass is 127. The summed E-state index contributed by atoms with van der Waals surface area (Å²) in [5.41, 5.74) is 1.80. The van der Waals surface area contributed by atoms with Crippen LogP contribution in [0.5, 0.6) is 11.5 Å². The first-order chi connectivity index (χ1) is 13.1. The number of nitrogens with zero attached hydrogens (tertiary/aromatic N) is 1. The molecule has 0 saturated carbocycles. The number of guanidine groups is 1. The van der Waals surface area contributed by atoms with Crippen molar-refractivity contribution in [1.29, 1.82) is 0 Å². The van der Waals surface area contributed by atoms with Crippen molar-refractivity contribution in [2.75, 3.05) is 19.7 Å². The van der Waals surface area contributed by atoms with Gasteiger partial charge in [0.25, 0.3) is 0 Å². The van der Waals surface area contributed by atoms with Crippen LogP contribution in [0.2, 0.25) is 0 Å². The Kier molecular flexibility index (Phi) is 11.8. The normalized spacial score (nSPS) is 11.1. The van der Waals surface area contributed by atoms with Crippen LogP contribution in [-0.2, 0) is 13.0 Å². The Morgan fingerprint density at radius 3 is 2.68 bits per heavy atom. The molecule has 156 valence electrons. The zero-order valence-electron chi connectivity index (χ0n) is 15.9. The molecule has 0 saturated heterocycles. The van der Waals surface area contributed by atoms with E-state index in [1.807, 2.05) is 12.3 Å². The van der Waals surface area contributed by atoms with E-state index in [2.05, 4.69) is 31.8 Å². The average Bonchev–Trinajstić information content (AvgIpc) is 3.15. The van der Waals surface area contributed by atoms with Crippen molar-refractivity contribution in [3.8, 4) is 11.5 Å². The molecule has 2 N–H and O–H groups in total. The molecule has 2 rings (SSSR count). The lowest BCUT2D eigenvalue weighted by Gasteiger charge is -2.15. The van der Waals surface area contributed by atoms with Crippen molar-refractivity contribution >= 4 is 41.3 Å². The second-order valence-electron chi connectivity index (χ2n) is 5.56. The Morgan fingerprint density at radius 1 is 1.21 bits per heavy atom. The molecule has 0 aliphatic carbocycles. The van der Waals surface area contributed by atoms with Gasteiger partial charge in [0.2, 0.25) is 0 Å². The fourth-order valence-electron chi connectivity index (χ4n) is 2.44. The summed E-state index contributed by atoms with van der Waals surface area (Å²) in [6, 6.07) is 7.14. The van der Waals surface area contributed by atoms with Crippen molar-refractivity contribution in [3.63, 3.8) is 0 Å². The molecular weight excluding hydrogens is 499 g/mol. The summed E-state index contributed by atoms with van der Waals surface area (Å²) in [5, 5.41) is 10.6. The number of nitrogens with one attached hydrogen (secondary N) is 2. The Balaban J connectivity index is 0.00000392. The zero-order chi connectivity index (χ0) is 19.5. The lowest BCUT2D eigenvalue weighted by Crippen LogP contribution is -2.38. The van der Waals surface area contributed by atoms with Crippen LogP contribution in [0.25, 0.3) is 0 Å². The monoisotopic (exact) mass is 525 g/mol. The van der Waals surface area contributed by atoms with E-state index < -0.39 is 6.61 Å². The molecule has 2 aromatic rings. The van der Waals surface area contributed by atoms with E-state index in [-0.39, 0.29) is 36.3 Å². The third-order valence-electron chi connectivity index (χ3n) is 3.61. The minimum absolute atomic E-state index is 0. The number of halogens is 3. The minimum Gasteiger partial charge on any atom is -0.490 e. The summed E-state index contributed by atoms with van der Waals surface area (Å²) in [5.74, 6) is 0.950. The second kappa shape index (κ2) is 13.5. The van der Waals surface area contributed by atoms with Crippen LogP contribution < -0.4 is 20.1 Å². The molecule has 0 aliphatic heterocycles. The van der Waals surface area contributed by atoms with Gasteiger partial charge in [0.1, 0.15) is 0 Å². The lowest BCUT2D eigenvalue weighted by atomic mass is 10.2. The molecule has 1 heterocycles. The first-order valence-electron chi connectivity index (χ1n) is 8.86. The van der Waals surface area contributed by atoms with E-state index >= 15 is 0 Å². The third kappa shape index (κ3) is 8.17. The van der Waals surface area contributed by atoms with Crippen LogP contribution in [0.1, 0.15) is 25.0 Å². The highest BCUT2D eigenvalue weighted by Gasteiger charge is 2.15. The van der Waals surface area contributed by atoms with Gasteiger partial charge < -0.3 is 20.1 Å². The first-order valence-corrected chi connectivity index (χ1v) is 9.81. The molecule has 9 heteroatoms. The van der Waals surface area contributed by atoms with Gasteiger partial charge in [0, 0.05) is 18.7 Å². The number of hydrogen-bond donors (Lipinski definition) is 2. The van der Waals surface area contributed by atoms with Crippen molar-refractivity contribution in [2.45, 2.75) is 33.4 Å². The van der Waals surface area contributed by atoms with E-state index in [9.17, 15) is 8.78 Å². The van der Waals surface area contributed by atoms with Crippen molar-refractivity contribution in [1.82, 2.24) is 10.6 Å². The fourth-order valence-corrected chi connectivity index (χ4v) is 3.15. The van der Waals surface area contributed by atoms with Gasteiger partial charge >= 0.3 is 6.61 Å². The fraction of sp³-hybridized carbons (Fsp3) is 0.421. The van der Waals surface area contributed by atoms with Crippen LogP contribution in [0.15, 0.2) is 40.0 Å². The number of hydrogen-bond acceptors (Lipinski definition) is 4. The van der Waals surface area contributed by atoms with Gasteiger partial charge in [-0.15, -0.1) is 24.0 Å². The molecule has 1 aromatic carbocycles. The van der Waals surface area contributed by atoms with E-state index in [0.29, 0.717) is 30.4 Å². The standard InChI is InChI=1S/C19H25F2N3O2S.HI/c1-3-22-19(23-10-8-14-9-11-27-13-14)24-12-15-6-5-7-16(25-4-2)17(15)26-18(20)21;/h5-7,9,11,13,18H,3-4,8,10,12H2,1-2H3,(H2,22,23,24);1H. The van der Waals surface area contributed by atoms with E-state index in [0.717, 1.165) is 13.0 Å². The van der Waals surface area contributed by atoms with Crippen LogP contribution in [0, 0.1) is 0 Å². The van der Waals surface area contributed by atoms with Gasteiger partial charge in [0.05, 0.1) is 13.2 Å². The number of thiophene rings is 1. The van der Waals surface area contributed by atoms with Crippen LogP contribution in [0.4, 0.5) is 8.78 Å². The van der Waals surface area contributed by atoms with Gasteiger partial charge in [-0.1, -0.05) is 12.1 Å². The molecule has 0 aliphatic rings. The molecule has 28 heavy (non-hydrogen) atoms. The number of para-hydroxylation sites is 1. The molecule has 0 unspecified atom stereocenters. The molecule has 1 aromatic heterocycles. The maximum Gasteiger partial charge on any atom is 0.387 e. The molecule has 0 atom stereocenters. The summed E-state index contributed by atoms with van der Waals surface area (Å²) in [6.07, 6.45) is 0.882. The molecule has 5 nitrogen and oxygen atoms in total. The predicted octanol–water partition coefficient (Wildman–Crippen LogP) is 4.66.